The number of benzene rings is 2. The number of primary amides is 1. The summed E-state index contributed by atoms with van der Waals surface area (Å²) in [4.78, 5) is 22.7. The van der Waals surface area contributed by atoms with E-state index in [0.717, 1.165) is 4.68 Å². The van der Waals surface area contributed by atoms with Crippen molar-refractivity contribution in [1.29, 1.82) is 0 Å². The summed E-state index contributed by atoms with van der Waals surface area (Å²) in [5, 5.41) is 12.7. The van der Waals surface area contributed by atoms with Crippen molar-refractivity contribution in [3.8, 4) is 11.3 Å². The first-order chi connectivity index (χ1) is 12.8. The molecule has 10 heteroatoms. The molecule has 27 heavy (non-hydrogen) atoms. The fourth-order valence-electron chi connectivity index (χ4n) is 2.41. The lowest BCUT2D eigenvalue weighted by Crippen LogP contribution is -2.22. The van der Waals surface area contributed by atoms with Gasteiger partial charge in [0, 0.05) is 11.3 Å². The summed E-state index contributed by atoms with van der Waals surface area (Å²) in [5.41, 5.74) is 5.59. The van der Waals surface area contributed by atoms with E-state index in [9.17, 15) is 18.0 Å². The first-order valence-electron chi connectivity index (χ1n) is 7.59. The molecule has 0 atom stereocenters. The van der Waals surface area contributed by atoms with Crippen LogP contribution in [0.1, 0.15) is 10.5 Å². The maximum Gasteiger partial charge on any atom is 0.356 e. The first-order valence-corrected chi connectivity index (χ1v) is 9.08. The molecule has 0 radical (unpaired) electrons. The standard InChI is InChI=1S/C17H14N4O5S/c18-17(24)21-15(10-14(19-21)16(22)23)11-5-4-6-12(9-11)20-27(25,26)13-7-2-1-3-8-13/h1-10,20H,(H2,18,24)(H,22,23). The van der Waals surface area contributed by atoms with Gasteiger partial charge in [0.05, 0.1) is 10.6 Å². The minimum Gasteiger partial charge on any atom is -0.476 e. The monoisotopic (exact) mass is 386 g/mol. The number of hydrogen-bond donors (Lipinski definition) is 3. The molecule has 2 aromatic carbocycles. The molecule has 0 unspecified atom stereocenters. The Kier molecular flexibility index (Phi) is 4.65. The van der Waals surface area contributed by atoms with Crippen LogP contribution in [0.5, 0.6) is 0 Å². The first kappa shape index (κ1) is 18.1. The summed E-state index contributed by atoms with van der Waals surface area (Å²) in [5.74, 6) is -1.32. The van der Waals surface area contributed by atoms with Crippen LogP contribution in [0.3, 0.4) is 0 Å². The van der Waals surface area contributed by atoms with Crippen molar-refractivity contribution in [3.63, 3.8) is 0 Å². The van der Waals surface area contributed by atoms with Crippen LogP contribution >= 0.6 is 0 Å². The predicted molar refractivity (Wildman–Crippen MR) is 96.9 cm³/mol. The molecule has 1 heterocycles. The lowest BCUT2D eigenvalue weighted by molar-refractivity contribution is 0.0690. The number of amides is 1. The average molecular weight is 386 g/mol. The number of carboxylic acid groups (broad SMARTS) is 1. The largest absolute Gasteiger partial charge is 0.476 e. The van der Waals surface area contributed by atoms with Gasteiger partial charge in [-0.2, -0.15) is 9.78 Å². The van der Waals surface area contributed by atoms with Gasteiger partial charge in [-0.3, -0.25) is 4.72 Å². The molecular weight excluding hydrogens is 372 g/mol. The van der Waals surface area contributed by atoms with Gasteiger partial charge in [-0.15, -0.1) is 0 Å². The number of nitrogens with zero attached hydrogens (tertiary/aromatic N) is 2. The van der Waals surface area contributed by atoms with E-state index in [0.29, 0.717) is 5.56 Å². The van der Waals surface area contributed by atoms with E-state index < -0.39 is 22.0 Å². The lowest BCUT2D eigenvalue weighted by Gasteiger charge is -2.10. The molecule has 3 rings (SSSR count). The lowest BCUT2D eigenvalue weighted by atomic mass is 10.1. The normalized spacial score (nSPS) is 11.1. The second kappa shape index (κ2) is 6.92. The van der Waals surface area contributed by atoms with Gasteiger partial charge in [0.1, 0.15) is 0 Å². The van der Waals surface area contributed by atoms with Gasteiger partial charge in [-0.1, -0.05) is 30.3 Å². The quantitative estimate of drug-likeness (QED) is 0.611. The Balaban J connectivity index is 2.00. The maximum atomic E-state index is 12.4. The van der Waals surface area contributed by atoms with Crippen LogP contribution in [0.2, 0.25) is 0 Å². The van der Waals surface area contributed by atoms with Crippen molar-refractivity contribution in [2.45, 2.75) is 4.90 Å². The van der Waals surface area contributed by atoms with E-state index in [1.165, 1.54) is 30.3 Å². The molecule has 1 amide bonds. The van der Waals surface area contributed by atoms with Gasteiger partial charge >= 0.3 is 12.0 Å². The topological polar surface area (TPSA) is 144 Å². The van der Waals surface area contributed by atoms with Crippen LogP contribution in [0.25, 0.3) is 11.3 Å². The van der Waals surface area contributed by atoms with Crippen LogP contribution in [0.4, 0.5) is 10.5 Å². The third kappa shape index (κ3) is 3.80. The molecule has 4 N–H and O–H groups in total. The van der Waals surface area contributed by atoms with Crippen molar-refractivity contribution in [2.24, 2.45) is 5.73 Å². The van der Waals surface area contributed by atoms with Crippen LogP contribution in [0, 0.1) is 0 Å². The maximum absolute atomic E-state index is 12.4. The SMILES string of the molecule is NC(=O)n1nc(C(=O)O)cc1-c1cccc(NS(=O)(=O)c2ccccc2)c1. The Labute approximate surface area is 154 Å². The van der Waals surface area contributed by atoms with Crippen molar-refractivity contribution >= 4 is 27.7 Å². The molecule has 9 nitrogen and oxygen atoms in total. The number of aromatic carboxylic acids is 1. The van der Waals surface area contributed by atoms with Crippen LogP contribution < -0.4 is 10.5 Å². The number of nitrogens with one attached hydrogen (secondary N) is 1. The van der Waals surface area contributed by atoms with Gasteiger partial charge in [0.25, 0.3) is 10.0 Å². The van der Waals surface area contributed by atoms with E-state index in [1.807, 2.05) is 0 Å². The summed E-state index contributed by atoms with van der Waals surface area (Å²) in [6, 6.07) is 14.1. The molecule has 0 aliphatic heterocycles. The fourth-order valence-corrected chi connectivity index (χ4v) is 3.49. The number of carboxylic acids is 1. The number of nitrogens with two attached hydrogens (primary N) is 1. The fraction of sp³-hybridized carbons (Fsp3) is 0. The summed E-state index contributed by atoms with van der Waals surface area (Å²) < 4.78 is 28.1. The molecule has 1 aromatic heterocycles. The summed E-state index contributed by atoms with van der Waals surface area (Å²) in [7, 11) is -3.81. The smallest absolute Gasteiger partial charge is 0.356 e. The summed E-state index contributed by atoms with van der Waals surface area (Å²) in [6.45, 7) is 0. The van der Waals surface area contributed by atoms with Gasteiger partial charge < -0.3 is 10.8 Å². The van der Waals surface area contributed by atoms with Crippen LogP contribution in [-0.4, -0.2) is 35.3 Å². The molecule has 0 aliphatic rings. The predicted octanol–water partition coefficient (Wildman–Crippen LogP) is 1.98. The van der Waals surface area contributed by atoms with E-state index in [1.54, 1.807) is 30.3 Å². The Morgan fingerprint density at radius 3 is 2.37 bits per heavy atom. The van der Waals surface area contributed by atoms with Crippen molar-refractivity contribution in [2.75, 3.05) is 4.72 Å². The highest BCUT2D eigenvalue weighted by Crippen LogP contribution is 2.25. The van der Waals surface area contributed by atoms with Crippen molar-refractivity contribution in [3.05, 3.63) is 66.4 Å². The summed E-state index contributed by atoms with van der Waals surface area (Å²) in [6.07, 6.45) is 0. The third-order valence-electron chi connectivity index (χ3n) is 3.60. The molecule has 3 aromatic rings. The molecule has 0 fully saturated rings. The van der Waals surface area contributed by atoms with Crippen molar-refractivity contribution in [1.82, 2.24) is 9.78 Å². The number of aromatic nitrogens is 2. The Morgan fingerprint density at radius 1 is 1.04 bits per heavy atom. The van der Waals surface area contributed by atoms with Gasteiger partial charge in [-0.05, 0) is 30.3 Å². The zero-order valence-electron chi connectivity index (χ0n) is 13.7. The van der Waals surface area contributed by atoms with E-state index in [2.05, 4.69) is 9.82 Å². The number of sulfonamides is 1. The molecule has 0 bridgehead atoms. The zero-order chi connectivity index (χ0) is 19.6. The molecule has 0 aliphatic carbocycles. The Hall–Kier alpha value is -3.66. The Morgan fingerprint density at radius 2 is 1.74 bits per heavy atom. The number of rotatable bonds is 5. The number of hydrogen-bond acceptors (Lipinski definition) is 5. The molecule has 0 saturated heterocycles. The van der Waals surface area contributed by atoms with Gasteiger partial charge in [-0.25, -0.2) is 18.0 Å². The average Bonchev–Trinajstić information content (AvgIpc) is 3.08. The second-order valence-corrected chi connectivity index (χ2v) is 7.15. The Bertz CT molecular complexity index is 1120. The van der Waals surface area contributed by atoms with E-state index in [-0.39, 0.29) is 22.0 Å². The third-order valence-corrected chi connectivity index (χ3v) is 5.00. The summed E-state index contributed by atoms with van der Waals surface area (Å²) >= 11 is 0. The van der Waals surface area contributed by atoms with E-state index in [4.69, 9.17) is 10.8 Å². The number of anilines is 1. The number of carbonyl (C=O) groups is 2. The van der Waals surface area contributed by atoms with Crippen LogP contribution in [0.15, 0.2) is 65.6 Å². The zero-order valence-corrected chi connectivity index (χ0v) is 14.6. The molecule has 138 valence electrons. The van der Waals surface area contributed by atoms with Gasteiger partial charge in [0.15, 0.2) is 5.69 Å². The molecule has 0 spiro atoms. The molecule has 0 saturated carbocycles. The van der Waals surface area contributed by atoms with Crippen LogP contribution in [-0.2, 0) is 10.0 Å². The molecular formula is C17H14N4O5S. The minimum absolute atomic E-state index is 0.0887. The second-order valence-electron chi connectivity index (χ2n) is 5.47. The minimum atomic E-state index is -3.81. The van der Waals surface area contributed by atoms with Gasteiger partial charge in [0.2, 0.25) is 0 Å². The van der Waals surface area contributed by atoms with E-state index >= 15 is 0 Å². The highest BCUT2D eigenvalue weighted by Gasteiger charge is 2.19. The highest BCUT2D eigenvalue weighted by molar-refractivity contribution is 7.92. The van der Waals surface area contributed by atoms with Crippen molar-refractivity contribution < 1.29 is 23.1 Å². The highest BCUT2D eigenvalue weighted by atomic mass is 32.2. The number of carbonyl (C=O) groups excluding carboxylic acids is 1.